The highest BCUT2D eigenvalue weighted by Crippen LogP contribution is 1.99. The molecule has 0 saturated carbocycles. The number of carbonyl (C=O) groups is 2. The molecule has 0 rings (SSSR count). The highest BCUT2D eigenvalue weighted by atomic mass is 16.4. The summed E-state index contributed by atoms with van der Waals surface area (Å²) in [5.41, 5.74) is 0. The van der Waals surface area contributed by atoms with Crippen LogP contribution in [0.5, 0.6) is 0 Å². The van der Waals surface area contributed by atoms with Gasteiger partial charge >= 0.3 is 5.97 Å². The fourth-order valence-corrected chi connectivity index (χ4v) is 0.910. The third kappa shape index (κ3) is 9.01. The van der Waals surface area contributed by atoms with E-state index in [1.54, 1.807) is 0 Å². The molecule has 4 heteroatoms. The first-order valence-electron chi connectivity index (χ1n) is 4.40. The molecule has 0 atom stereocenters. The van der Waals surface area contributed by atoms with Crippen LogP contribution in [0.25, 0.3) is 0 Å². The van der Waals surface area contributed by atoms with E-state index in [2.05, 4.69) is 0 Å². The monoisotopic (exact) mass is 187 g/mol. The number of carboxylic acids is 1. The molecule has 0 amide bonds. The molecule has 4 nitrogen and oxygen atoms in total. The van der Waals surface area contributed by atoms with Gasteiger partial charge in [0, 0.05) is 25.8 Å². The Morgan fingerprint density at radius 3 is 2.23 bits per heavy atom. The molecule has 0 saturated heterocycles. The second kappa shape index (κ2) is 6.60. The summed E-state index contributed by atoms with van der Waals surface area (Å²) >= 11 is 0. The van der Waals surface area contributed by atoms with E-state index in [0.717, 1.165) is 6.54 Å². The zero-order valence-electron chi connectivity index (χ0n) is 8.25. The summed E-state index contributed by atoms with van der Waals surface area (Å²) in [6.07, 6.45) is 1.46. The lowest BCUT2D eigenvalue weighted by Gasteiger charge is -2.07. The second-order valence-electron chi connectivity index (χ2n) is 3.34. The molecule has 0 aromatic carbocycles. The summed E-state index contributed by atoms with van der Waals surface area (Å²) in [7, 11) is 3.81. The number of aliphatic carboxylic acids is 1. The van der Waals surface area contributed by atoms with Crippen molar-refractivity contribution in [1.29, 1.82) is 0 Å². The van der Waals surface area contributed by atoms with Crippen LogP contribution in [-0.4, -0.2) is 42.4 Å². The van der Waals surface area contributed by atoms with Gasteiger partial charge in [-0.15, -0.1) is 0 Å². The number of rotatable bonds is 7. The van der Waals surface area contributed by atoms with Crippen molar-refractivity contribution >= 4 is 11.8 Å². The van der Waals surface area contributed by atoms with Crippen LogP contribution in [0.2, 0.25) is 0 Å². The van der Waals surface area contributed by atoms with Gasteiger partial charge in [0.05, 0.1) is 0 Å². The zero-order chi connectivity index (χ0) is 10.3. The topological polar surface area (TPSA) is 57.6 Å². The lowest BCUT2D eigenvalue weighted by Crippen LogP contribution is -2.16. The summed E-state index contributed by atoms with van der Waals surface area (Å²) in [6.45, 7) is 0.742. The maximum Gasteiger partial charge on any atom is 0.303 e. The van der Waals surface area contributed by atoms with Crippen molar-refractivity contribution in [2.45, 2.75) is 25.7 Å². The normalized spacial score (nSPS) is 10.4. The van der Waals surface area contributed by atoms with Gasteiger partial charge in [-0.25, -0.2) is 0 Å². The van der Waals surface area contributed by atoms with Crippen molar-refractivity contribution in [3.05, 3.63) is 0 Å². The molecule has 0 aromatic heterocycles. The number of hydrogen-bond acceptors (Lipinski definition) is 3. The number of nitrogens with zero attached hydrogens (tertiary/aromatic N) is 1. The molecule has 1 N–H and O–H groups in total. The minimum Gasteiger partial charge on any atom is -0.481 e. The molecule has 0 aromatic rings. The van der Waals surface area contributed by atoms with Crippen molar-refractivity contribution < 1.29 is 14.7 Å². The Morgan fingerprint density at radius 2 is 1.77 bits per heavy atom. The number of hydrogen-bond donors (Lipinski definition) is 1. The van der Waals surface area contributed by atoms with Crippen LogP contribution in [0.1, 0.15) is 25.7 Å². The average Bonchev–Trinajstić information content (AvgIpc) is 2.00. The van der Waals surface area contributed by atoms with E-state index >= 15 is 0 Å². The van der Waals surface area contributed by atoms with E-state index < -0.39 is 5.97 Å². The van der Waals surface area contributed by atoms with Crippen molar-refractivity contribution in [2.24, 2.45) is 0 Å². The van der Waals surface area contributed by atoms with Crippen LogP contribution >= 0.6 is 0 Å². The van der Waals surface area contributed by atoms with Crippen LogP contribution < -0.4 is 0 Å². The molecule has 76 valence electrons. The van der Waals surface area contributed by atoms with E-state index in [9.17, 15) is 9.59 Å². The fourth-order valence-electron chi connectivity index (χ4n) is 0.910. The lowest BCUT2D eigenvalue weighted by atomic mass is 10.1. The zero-order valence-corrected chi connectivity index (χ0v) is 8.25. The average molecular weight is 187 g/mol. The molecular weight excluding hydrogens is 170 g/mol. The Kier molecular flexibility index (Phi) is 6.14. The molecule has 0 aliphatic carbocycles. The molecule has 0 heterocycles. The summed E-state index contributed by atoms with van der Waals surface area (Å²) in [5, 5.41) is 8.32. The van der Waals surface area contributed by atoms with Gasteiger partial charge in [-0.1, -0.05) is 0 Å². The fraction of sp³-hybridized carbons (Fsp3) is 0.778. The van der Waals surface area contributed by atoms with Crippen molar-refractivity contribution in [1.82, 2.24) is 4.90 Å². The Hall–Kier alpha value is -0.900. The smallest absolute Gasteiger partial charge is 0.303 e. The van der Waals surface area contributed by atoms with Crippen LogP contribution in [0, 0.1) is 0 Å². The Bertz CT molecular complexity index is 178. The maximum absolute atomic E-state index is 11.1. The van der Waals surface area contributed by atoms with Gasteiger partial charge in [0.15, 0.2) is 0 Å². The summed E-state index contributed by atoms with van der Waals surface area (Å²) in [5.74, 6) is -0.685. The standard InChI is InChI=1S/C9H17NO3/c1-10(2)7-6-8(11)4-3-5-9(12)13/h3-7H2,1-2H3,(H,12,13). The van der Waals surface area contributed by atoms with Gasteiger partial charge in [0.1, 0.15) is 5.78 Å². The molecule has 0 radical (unpaired) electrons. The Labute approximate surface area is 78.5 Å². The molecular formula is C9H17NO3. The molecule has 0 aliphatic heterocycles. The largest absolute Gasteiger partial charge is 0.481 e. The van der Waals surface area contributed by atoms with Crippen LogP contribution in [-0.2, 0) is 9.59 Å². The van der Waals surface area contributed by atoms with Crippen LogP contribution in [0.3, 0.4) is 0 Å². The molecule has 0 spiro atoms. The first kappa shape index (κ1) is 12.1. The highest BCUT2D eigenvalue weighted by Gasteiger charge is 2.04. The molecule has 0 aliphatic rings. The number of carbonyl (C=O) groups excluding carboxylic acids is 1. The molecule has 0 bridgehead atoms. The van der Waals surface area contributed by atoms with Crippen molar-refractivity contribution in [3.8, 4) is 0 Å². The summed E-state index contributed by atoms with van der Waals surface area (Å²) in [4.78, 5) is 23.2. The minimum atomic E-state index is -0.833. The Morgan fingerprint density at radius 1 is 1.15 bits per heavy atom. The second-order valence-corrected chi connectivity index (χ2v) is 3.34. The predicted octanol–water partition coefficient (Wildman–Crippen LogP) is 0.762. The predicted molar refractivity (Wildman–Crippen MR) is 49.7 cm³/mol. The first-order valence-corrected chi connectivity index (χ1v) is 4.40. The highest BCUT2D eigenvalue weighted by molar-refractivity contribution is 5.79. The van der Waals surface area contributed by atoms with E-state index in [4.69, 9.17) is 5.11 Å². The van der Waals surface area contributed by atoms with E-state index in [-0.39, 0.29) is 12.2 Å². The van der Waals surface area contributed by atoms with Gasteiger partial charge < -0.3 is 10.0 Å². The molecule has 0 unspecified atom stereocenters. The summed E-state index contributed by atoms with van der Waals surface area (Å²) < 4.78 is 0. The first-order chi connectivity index (χ1) is 6.02. The van der Waals surface area contributed by atoms with E-state index in [1.165, 1.54) is 0 Å². The van der Waals surface area contributed by atoms with Crippen molar-refractivity contribution in [3.63, 3.8) is 0 Å². The summed E-state index contributed by atoms with van der Waals surface area (Å²) in [6, 6.07) is 0. The SMILES string of the molecule is CN(C)CCC(=O)CCCC(=O)O. The van der Waals surface area contributed by atoms with Gasteiger partial charge in [-0.2, -0.15) is 0 Å². The Balaban J connectivity index is 3.35. The molecule has 0 fully saturated rings. The lowest BCUT2D eigenvalue weighted by molar-refractivity contribution is -0.137. The van der Waals surface area contributed by atoms with E-state index in [1.807, 2.05) is 19.0 Å². The van der Waals surface area contributed by atoms with Crippen molar-refractivity contribution in [2.75, 3.05) is 20.6 Å². The quantitative estimate of drug-likeness (QED) is 0.639. The van der Waals surface area contributed by atoms with Gasteiger partial charge in [0.25, 0.3) is 0 Å². The van der Waals surface area contributed by atoms with Gasteiger partial charge in [-0.05, 0) is 20.5 Å². The van der Waals surface area contributed by atoms with Crippen LogP contribution in [0.4, 0.5) is 0 Å². The molecule has 13 heavy (non-hydrogen) atoms. The van der Waals surface area contributed by atoms with Gasteiger partial charge in [-0.3, -0.25) is 9.59 Å². The van der Waals surface area contributed by atoms with Crippen LogP contribution in [0.15, 0.2) is 0 Å². The third-order valence-corrected chi connectivity index (χ3v) is 1.68. The van der Waals surface area contributed by atoms with E-state index in [0.29, 0.717) is 19.3 Å². The number of carboxylic acid groups (broad SMARTS) is 1. The maximum atomic E-state index is 11.1. The third-order valence-electron chi connectivity index (χ3n) is 1.68. The number of ketones is 1. The minimum absolute atomic E-state index is 0.0910. The van der Waals surface area contributed by atoms with Gasteiger partial charge in [0.2, 0.25) is 0 Å². The number of Topliss-reactive ketones (excluding diaryl/α,β-unsaturated/α-hetero) is 1.